The molecule has 1 aliphatic rings. The van der Waals surface area contributed by atoms with E-state index in [9.17, 15) is 4.79 Å². The Kier molecular flexibility index (Phi) is 5.96. The van der Waals surface area contributed by atoms with Crippen LogP contribution in [0.5, 0.6) is 0 Å². The van der Waals surface area contributed by atoms with Gasteiger partial charge < -0.3 is 9.80 Å². The third kappa shape index (κ3) is 4.28. The van der Waals surface area contributed by atoms with E-state index < -0.39 is 0 Å². The number of benzene rings is 2. The summed E-state index contributed by atoms with van der Waals surface area (Å²) in [6.45, 7) is 14.9. The third-order valence-corrected chi connectivity index (χ3v) is 6.42. The summed E-state index contributed by atoms with van der Waals surface area (Å²) in [5, 5.41) is 4.92. The van der Waals surface area contributed by atoms with Crippen LogP contribution in [0, 0.1) is 27.7 Å². The maximum Gasteiger partial charge on any atom is 0.272 e. The lowest BCUT2D eigenvalue weighted by atomic mass is 10.0. The Hall–Kier alpha value is -2.92. The molecule has 1 fully saturated rings. The zero-order chi connectivity index (χ0) is 22.1. The van der Waals surface area contributed by atoms with Crippen LogP contribution in [0.15, 0.2) is 42.5 Å². The van der Waals surface area contributed by atoms with E-state index in [1.54, 1.807) is 0 Å². The second kappa shape index (κ2) is 8.67. The molecule has 1 aliphatic heterocycles. The van der Waals surface area contributed by atoms with Crippen LogP contribution in [0.2, 0.25) is 0 Å². The van der Waals surface area contributed by atoms with Gasteiger partial charge in [-0.25, -0.2) is 4.68 Å². The zero-order valence-electron chi connectivity index (χ0n) is 19.3. The molecule has 5 heteroatoms. The quantitative estimate of drug-likeness (QED) is 0.627. The fraction of sp³-hybridized carbons (Fsp3) is 0.385. The van der Waals surface area contributed by atoms with Crippen LogP contribution < -0.4 is 0 Å². The lowest BCUT2D eigenvalue weighted by Gasteiger charge is -2.34. The highest BCUT2D eigenvalue weighted by Crippen LogP contribution is 2.26. The molecule has 0 N–H and O–H groups in total. The van der Waals surface area contributed by atoms with Gasteiger partial charge in [0.05, 0.1) is 11.4 Å². The van der Waals surface area contributed by atoms with Crippen molar-refractivity contribution in [3.05, 3.63) is 70.4 Å². The minimum absolute atomic E-state index is 0.0540. The van der Waals surface area contributed by atoms with Crippen LogP contribution in [0.4, 0.5) is 0 Å². The van der Waals surface area contributed by atoms with Crippen molar-refractivity contribution >= 4 is 5.91 Å². The van der Waals surface area contributed by atoms with Crippen LogP contribution in [0.1, 0.15) is 39.7 Å². The van der Waals surface area contributed by atoms with Gasteiger partial charge in [-0.15, -0.1) is 0 Å². The first-order chi connectivity index (χ1) is 14.9. The summed E-state index contributed by atoms with van der Waals surface area (Å²) >= 11 is 0. The van der Waals surface area contributed by atoms with Gasteiger partial charge in [-0.05, 0) is 69.1 Å². The van der Waals surface area contributed by atoms with E-state index in [1.165, 1.54) is 16.7 Å². The number of nitrogens with zero attached hydrogens (tertiary/aromatic N) is 4. The molecule has 1 amide bonds. The number of aryl methyl sites for hydroxylation is 4. The number of aromatic nitrogens is 2. The van der Waals surface area contributed by atoms with Gasteiger partial charge in [0.1, 0.15) is 5.69 Å². The molecule has 5 nitrogen and oxygen atoms in total. The van der Waals surface area contributed by atoms with E-state index in [0.29, 0.717) is 5.69 Å². The molecule has 0 aliphatic carbocycles. The van der Waals surface area contributed by atoms with E-state index in [1.807, 2.05) is 15.6 Å². The largest absolute Gasteiger partial charge is 0.335 e. The number of rotatable bonds is 4. The van der Waals surface area contributed by atoms with Gasteiger partial charge in [-0.2, -0.15) is 5.10 Å². The highest BCUT2D eigenvalue weighted by atomic mass is 16.2. The Balaban J connectivity index is 1.77. The van der Waals surface area contributed by atoms with Crippen molar-refractivity contribution in [2.24, 2.45) is 0 Å². The predicted octanol–water partition coefficient (Wildman–Crippen LogP) is 4.55. The number of amides is 1. The van der Waals surface area contributed by atoms with Crippen LogP contribution in [0.3, 0.4) is 0 Å². The molecule has 0 saturated carbocycles. The highest BCUT2D eigenvalue weighted by molar-refractivity contribution is 5.94. The smallest absolute Gasteiger partial charge is 0.272 e. The first-order valence-corrected chi connectivity index (χ1v) is 11.1. The Labute approximate surface area is 185 Å². The molecule has 31 heavy (non-hydrogen) atoms. The molecule has 2 aromatic carbocycles. The molecule has 0 spiro atoms. The average molecular weight is 417 g/mol. The summed E-state index contributed by atoms with van der Waals surface area (Å²) in [4.78, 5) is 17.9. The van der Waals surface area contributed by atoms with Crippen molar-refractivity contribution in [2.75, 3.05) is 32.7 Å². The number of hydrogen-bond acceptors (Lipinski definition) is 3. The molecule has 1 saturated heterocycles. The lowest BCUT2D eigenvalue weighted by Crippen LogP contribution is -2.48. The molecular formula is C26H32N4O. The number of likely N-dealkylation sites (N-methyl/N-ethyl adjacent to an activating group) is 1. The van der Waals surface area contributed by atoms with E-state index in [0.717, 1.165) is 55.2 Å². The van der Waals surface area contributed by atoms with E-state index in [2.05, 4.69) is 75.9 Å². The summed E-state index contributed by atoms with van der Waals surface area (Å²) < 4.78 is 1.84. The molecule has 4 rings (SSSR count). The van der Waals surface area contributed by atoms with Crippen molar-refractivity contribution in [1.29, 1.82) is 0 Å². The molecule has 2 heterocycles. The van der Waals surface area contributed by atoms with Crippen LogP contribution >= 0.6 is 0 Å². The van der Waals surface area contributed by atoms with Crippen molar-refractivity contribution < 1.29 is 4.79 Å². The molecule has 3 aromatic rings. The van der Waals surface area contributed by atoms with Gasteiger partial charge in [-0.1, -0.05) is 36.8 Å². The summed E-state index contributed by atoms with van der Waals surface area (Å²) in [6, 6.07) is 14.6. The molecule has 0 bridgehead atoms. The van der Waals surface area contributed by atoms with Crippen LogP contribution in [0.25, 0.3) is 16.9 Å². The third-order valence-electron chi connectivity index (χ3n) is 6.42. The van der Waals surface area contributed by atoms with Gasteiger partial charge in [0.15, 0.2) is 0 Å². The van der Waals surface area contributed by atoms with Crippen molar-refractivity contribution in [2.45, 2.75) is 34.6 Å². The van der Waals surface area contributed by atoms with E-state index in [4.69, 9.17) is 5.10 Å². The number of carbonyl (C=O) groups is 1. The molecule has 0 atom stereocenters. The monoisotopic (exact) mass is 416 g/mol. The Morgan fingerprint density at radius 3 is 2.26 bits per heavy atom. The van der Waals surface area contributed by atoms with E-state index >= 15 is 0 Å². The standard InChI is InChI=1S/C26H32N4O/c1-6-28-11-13-29(14-12-28)26(31)25-17-23(22-9-8-19(3)20(4)16-22)27-30(25)24-10-7-18(2)15-21(24)5/h7-10,15-17H,6,11-14H2,1-5H3. The zero-order valence-corrected chi connectivity index (χ0v) is 19.3. The van der Waals surface area contributed by atoms with Crippen molar-refractivity contribution in [3.8, 4) is 16.9 Å². The van der Waals surface area contributed by atoms with Crippen molar-refractivity contribution in [1.82, 2.24) is 19.6 Å². The summed E-state index contributed by atoms with van der Waals surface area (Å²) in [7, 11) is 0. The first-order valence-electron chi connectivity index (χ1n) is 11.1. The fourth-order valence-corrected chi connectivity index (χ4v) is 4.23. The second-order valence-electron chi connectivity index (χ2n) is 8.64. The Morgan fingerprint density at radius 1 is 0.871 bits per heavy atom. The molecular weight excluding hydrogens is 384 g/mol. The second-order valence-corrected chi connectivity index (χ2v) is 8.64. The van der Waals surface area contributed by atoms with Gasteiger partial charge in [0.2, 0.25) is 0 Å². The Bertz CT molecular complexity index is 1110. The molecule has 1 aromatic heterocycles. The maximum atomic E-state index is 13.6. The van der Waals surface area contributed by atoms with Crippen molar-refractivity contribution in [3.63, 3.8) is 0 Å². The number of carbonyl (C=O) groups excluding carboxylic acids is 1. The van der Waals surface area contributed by atoms with Gasteiger partial charge in [0.25, 0.3) is 5.91 Å². The van der Waals surface area contributed by atoms with Gasteiger partial charge >= 0.3 is 0 Å². The van der Waals surface area contributed by atoms with Crippen LogP contribution in [-0.2, 0) is 0 Å². The molecule has 0 radical (unpaired) electrons. The highest BCUT2D eigenvalue weighted by Gasteiger charge is 2.26. The lowest BCUT2D eigenvalue weighted by molar-refractivity contribution is 0.0634. The topological polar surface area (TPSA) is 41.4 Å². The van der Waals surface area contributed by atoms with Crippen LogP contribution in [-0.4, -0.2) is 58.2 Å². The summed E-state index contributed by atoms with van der Waals surface area (Å²) in [5.74, 6) is 0.0540. The molecule has 0 unspecified atom stereocenters. The number of hydrogen-bond donors (Lipinski definition) is 0. The SMILES string of the molecule is CCN1CCN(C(=O)c2cc(-c3ccc(C)c(C)c3)nn2-c2ccc(C)cc2C)CC1. The minimum atomic E-state index is 0.0540. The minimum Gasteiger partial charge on any atom is -0.335 e. The summed E-state index contributed by atoms with van der Waals surface area (Å²) in [5.41, 5.74) is 8.24. The van der Waals surface area contributed by atoms with E-state index in [-0.39, 0.29) is 5.91 Å². The number of piperazine rings is 1. The predicted molar refractivity (Wildman–Crippen MR) is 126 cm³/mol. The van der Waals surface area contributed by atoms with Gasteiger partial charge in [0, 0.05) is 31.7 Å². The first kappa shape index (κ1) is 21.3. The average Bonchev–Trinajstić information content (AvgIpc) is 3.20. The Morgan fingerprint density at radius 2 is 1.61 bits per heavy atom. The summed E-state index contributed by atoms with van der Waals surface area (Å²) in [6.07, 6.45) is 0. The normalized spacial score (nSPS) is 14.8. The molecule has 162 valence electrons. The maximum absolute atomic E-state index is 13.6. The van der Waals surface area contributed by atoms with Gasteiger partial charge in [-0.3, -0.25) is 4.79 Å². The fourth-order valence-electron chi connectivity index (χ4n) is 4.23.